The van der Waals surface area contributed by atoms with E-state index in [0.29, 0.717) is 17.4 Å². The van der Waals surface area contributed by atoms with Gasteiger partial charge in [-0.1, -0.05) is 20.3 Å². The largest absolute Gasteiger partial charge is 0.379 e. The van der Waals surface area contributed by atoms with E-state index < -0.39 is 0 Å². The quantitative estimate of drug-likeness (QED) is 0.386. The number of rotatable bonds is 5. The highest BCUT2D eigenvalue weighted by atomic mass is 127. The maximum absolute atomic E-state index is 5.53. The number of likely N-dealkylation sites (tertiary alicyclic amines) is 1. The summed E-state index contributed by atoms with van der Waals surface area (Å²) in [5, 5.41) is 3.69. The van der Waals surface area contributed by atoms with E-state index in [1.54, 1.807) is 0 Å². The summed E-state index contributed by atoms with van der Waals surface area (Å²) >= 11 is 0. The molecule has 1 spiro atoms. The second kappa shape index (κ2) is 9.74. The molecule has 0 amide bonds. The van der Waals surface area contributed by atoms with Crippen LogP contribution in [0.25, 0.3) is 0 Å². The fraction of sp³-hybridized carbons (Fsp3) is 0.947. The van der Waals surface area contributed by atoms with Crippen molar-refractivity contribution >= 4 is 29.9 Å². The number of nitrogens with one attached hydrogen (secondary N) is 1. The number of morpholine rings is 1. The lowest BCUT2D eigenvalue weighted by Crippen LogP contribution is -2.51. The van der Waals surface area contributed by atoms with E-state index in [2.05, 4.69) is 34.0 Å². The Morgan fingerprint density at radius 3 is 2.40 bits per heavy atom. The number of hydrogen-bond acceptors (Lipinski definition) is 3. The number of aliphatic imine (C=N–C) groups is 1. The Bertz CT molecular complexity index is 433. The zero-order chi connectivity index (χ0) is 17.0. The molecule has 1 aliphatic carbocycles. The molecule has 25 heavy (non-hydrogen) atoms. The predicted octanol–water partition coefficient (Wildman–Crippen LogP) is 2.80. The van der Waals surface area contributed by atoms with Gasteiger partial charge in [-0.25, -0.2) is 0 Å². The smallest absolute Gasteiger partial charge is 0.193 e. The van der Waals surface area contributed by atoms with Crippen molar-refractivity contribution in [2.45, 2.75) is 52.0 Å². The van der Waals surface area contributed by atoms with E-state index in [1.807, 2.05) is 7.05 Å². The SMILES string of the molecule is CN=C(NCC(CC(C)C)N1CCOCC1)N1CCC2(CCC2)C1.I. The maximum atomic E-state index is 5.53. The summed E-state index contributed by atoms with van der Waals surface area (Å²) in [6.45, 7) is 11.9. The minimum atomic E-state index is 0. The number of halogens is 1. The Labute approximate surface area is 171 Å². The van der Waals surface area contributed by atoms with Crippen molar-refractivity contribution in [3.8, 4) is 0 Å². The van der Waals surface area contributed by atoms with Gasteiger partial charge in [-0.15, -0.1) is 24.0 Å². The summed E-state index contributed by atoms with van der Waals surface area (Å²) in [7, 11) is 1.93. The minimum Gasteiger partial charge on any atom is -0.379 e. The van der Waals surface area contributed by atoms with Crippen LogP contribution in [-0.4, -0.2) is 74.8 Å². The normalized spacial score (nSPS) is 25.0. The molecule has 2 saturated heterocycles. The monoisotopic (exact) mass is 464 g/mol. The van der Waals surface area contributed by atoms with Crippen LogP contribution in [0.1, 0.15) is 46.0 Å². The first-order valence-corrected chi connectivity index (χ1v) is 9.89. The van der Waals surface area contributed by atoms with E-state index in [-0.39, 0.29) is 24.0 Å². The summed E-state index contributed by atoms with van der Waals surface area (Å²) in [6, 6.07) is 0.575. The number of ether oxygens (including phenoxy) is 1. The third-order valence-electron chi connectivity index (χ3n) is 6.17. The second-order valence-electron chi connectivity index (χ2n) is 8.38. The van der Waals surface area contributed by atoms with Crippen LogP contribution in [0, 0.1) is 11.3 Å². The Kier molecular flexibility index (Phi) is 8.27. The molecule has 2 heterocycles. The molecule has 0 aromatic carbocycles. The van der Waals surface area contributed by atoms with Gasteiger partial charge in [0.1, 0.15) is 0 Å². The van der Waals surface area contributed by atoms with Crippen molar-refractivity contribution in [2.75, 3.05) is 53.0 Å². The topological polar surface area (TPSA) is 40.1 Å². The molecule has 3 fully saturated rings. The lowest BCUT2D eigenvalue weighted by Gasteiger charge is -2.39. The van der Waals surface area contributed by atoms with Gasteiger partial charge in [0.25, 0.3) is 0 Å². The van der Waals surface area contributed by atoms with E-state index in [0.717, 1.165) is 38.8 Å². The van der Waals surface area contributed by atoms with E-state index in [1.165, 1.54) is 45.2 Å². The third kappa shape index (κ3) is 5.45. The molecule has 2 aliphatic heterocycles. The van der Waals surface area contributed by atoms with Crippen LogP contribution in [-0.2, 0) is 4.74 Å². The molecule has 1 atom stereocenters. The van der Waals surface area contributed by atoms with Crippen LogP contribution in [0.2, 0.25) is 0 Å². The van der Waals surface area contributed by atoms with Crippen molar-refractivity contribution in [1.82, 2.24) is 15.1 Å². The van der Waals surface area contributed by atoms with Crippen LogP contribution in [0.5, 0.6) is 0 Å². The average Bonchev–Trinajstić information content (AvgIpc) is 3.01. The molecule has 3 rings (SSSR count). The zero-order valence-electron chi connectivity index (χ0n) is 16.3. The van der Waals surface area contributed by atoms with Gasteiger partial charge in [0.2, 0.25) is 0 Å². The summed E-state index contributed by atoms with van der Waals surface area (Å²) < 4.78 is 5.53. The van der Waals surface area contributed by atoms with E-state index in [4.69, 9.17) is 4.74 Å². The van der Waals surface area contributed by atoms with Gasteiger partial charge < -0.3 is 15.0 Å². The average molecular weight is 464 g/mol. The predicted molar refractivity (Wildman–Crippen MR) is 115 cm³/mol. The van der Waals surface area contributed by atoms with Crippen molar-refractivity contribution in [3.63, 3.8) is 0 Å². The first-order valence-electron chi connectivity index (χ1n) is 9.89. The van der Waals surface area contributed by atoms with Gasteiger partial charge in [0, 0.05) is 45.8 Å². The Hall–Kier alpha value is -0.0800. The van der Waals surface area contributed by atoms with Gasteiger partial charge in [-0.3, -0.25) is 9.89 Å². The minimum absolute atomic E-state index is 0. The Morgan fingerprint density at radius 2 is 1.88 bits per heavy atom. The molecule has 6 heteroatoms. The highest BCUT2D eigenvalue weighted by molar-refractivity contribution is 14.0. The van der Waals surface area contributed by atoms with Gasteiger partial charge in [-0.2, -0.15) is 0 Å². The molecule has 1 N–H and O–H groups in total. The molecule has 1 saturated carbocycles. The van der Waals surface area contributed by atoms with E-state index >= 15 is 0 Å². The first-order chi connectivity index (χ1) is 11.6. The highest BCUT2D eigenvalue weighted by Gasteiger charge is 2.43. The summed E-state index contributed by atoms with van der Waals surface area (Å²) in [4.78, 5) is 9.67. The standard InChI is InChI=1S/C19H36N4O.HI/c1-16(2)13-17(22-9-11-24-12-10-22)14-21-18(20-3)23-8-7-19(15-23)5-4-6-19;/h16-17H,4-15H2,1-3H3,(H,20,21);1H. The molecule has 1 unspecified atom stereocenters. The molecule has 146 valence electrons. The van der Waals surface area contributed by atoms with Crippen molar-refractivity contribution in [1.29, 1.82) is 0 Å². The van der Waals surface area contributed by atoms with Crippen LogP contribution < -0.4 is 5.32 Å². The van der Waals surface area contributed by atoms with Gasteiger partial charge in [0.15, 0.2) is 5.96 Å². The Morgan fingerprint density at radius 1 is 1.16 bits per heavy atom. The van der Waals surface area contributed by atoms with E-state index in [9.17, 15) is 0 Å². The number of nitrogens with zero attached hydrogens (tertiary/aromatic N) is 3. The molecule has 0 radical (unpaired) electrons. The fourth-order valence-corrected chi connectivity index (χ4v) is 4.59. The van der Waals surface area contributed by atoms with Crippen molar-refractivity contribution in [3.05, 3.63) is 0 Å². The first kappa shape index (κ1) is 21.2. The van der Waals surface area contributed by atoms with Crippen LogP contribution in [0.3, 0.4) is 0 Å². The molecule has 0 aromatic heterocycles. The van der Waals surface area contributed by atoms with Crippen LogP contribution in [0.15, 0.2) is 4.99 Å². The third-order valence-corrected chi connectivity index (χ3v) is 6.17. The summed E-state index contributed by atoms with van der Waals surface area (Å²) in [5.41, 5.74) is 0.624. The number of hydrogen-bond donors (Lipinski definition) is 1. The number of guanidine groups is 1. The highest BCUT2D eigenvalue weighted by Crippen LogP contribution is 2.47. The van der Waals surface area contributed by atoms with Crippen LogP contribution >= 0.6 is 24.0 Å². The van der Waals surface area contributed by atoms with Gasteiger partial charge in [-0.05, 0) is 37.0 Å². The maximum Gasteiger partial charge on any atom is 0.193 e. The van der Waals surface area contributed by atoms with Crippen molar-refractivity contribution < 1.29 is 4.74 Å². The Balaban J connectivity index is 0.00000225. The molecule has 0 aromatic rings. The molecule has 3 aliphatic rings. The summed E-state index contributed by atoms with van der Waals surface area (Å²) in [6.07, 6.45) is 6.85. The van der Waals surface area contributed by atoms with Crippen LogP contribution in [0.4, 0.5) is 0 Å². The molecular weight excluding hydrogens is 427 g/mol. The lowest BCUT2D eigenvalue weighted by atomic mass is 9.68. The fourth-order valence-electron chi connectivity index (χ4n) is 4.59. The zero-order valence-corrected chi connectivity index (χ0v) is 18.6. The van der Waals surface area contributed by atoms with Gasteiger partial charge >= 0.3 is 0 Å². The molecule has 5 nitrogen and oxygen atoms in total. The lowest BCUT2D eigenvalue weighted by molar-refractivity contribution is 0.0131. The summed E-state index contributed by atoms with van der Waals surface area (Å²) in [5.74, 6) is 1.83. The second-order valence-corrected chi connectivity index (χ2v) is 8.38. The molecule has 0 bridgehead atoms. The van der Waals surface area contributed by atoms with Crippen molar-refractivity contribution in [2.24, 2.45) is 16.3 Å². The van der Waals surface area contributed by atoms with Gasteiger partial charge in [0.05, 0.1) is 13.2 Å². The molecular formula is C19H37IN4O.